The fraction of sp³-hybridized carbons (Fsp3) is 0.533. The predicted molar refractivity (Wildman–Crippen MR) is 80.0 cm³/mol. The number of benzene rings is 1. The van der Waals surface area contributed by atoms with Crippen LogP contribution in [0.3, 0.4) is 0 Å². The van der Waals surface area contributed by atoms with Gasteiger partial charge in [-0.3, -0.25) is 4.79 Å². The lowest BCUT2D eigenvalue weighted by molar-refractivity contribution is -0.141. The molecule has 3 nitrogen and oxygen atoms in total. The van der Waals surface area contributed by atoms with Crippen LogP contribution in [-0.4, -0.2) is 23.9 Å². The summed E-state index contributed by atoms with van der Waals surface area (Å²) in [7, 11) is 0. The third-order valence-electron chi connectivity index (χ3n) is 3.74. The number of carbonyl (C=O) groups is 1. The average Bonchev–Trinajstić information content (AvgIpc) is 2.45. The van der Waals surface area contributed by atoms with Gasteiger partial charge < -0.3 is 10.6 Å². The van der Waals surface area contributed by atoms with Gasteiger partial charge in [-0.25, -0.2) is 0 Å². The second-order valence-electron chi connectivity index (χ2n) is 5.03. The van der Waals surface area contributed by atoms with Crippen molar-refractivity contribution < 1.29 is 4.79 Å². The van der Waals surface area contributed by atoms with Crippen molar-refractivity contribution in [2.24, 2.45) is 11.1 Å². The molecular formula is C15H23ClN2O. The van der Waals surface area contributed by atoms with Crippen LogP contribution in [0.25, 0.3) is 0 Å². The second-order valence-corrected chi connectivity index (χ2v) is 5.44. The Hall–Kier alpha value is -1.06. The van der Waals surface area contributed by atoms with Crippen molar-refractivity contribution >= 4 is 17.5 Å². The molecule has 0 aliphatic rings. The first-order valence-electron chi connectivity index (χ1n) is 6.71. The van der Waals surface area contributed by atoms with Gasteiger partial charge in [0.2, 0.25) is 5.91 Å². The van der Waals surface area contributed by atoms with E-state index in [-0.39, 0.29) is 5.91 Å². The Bertz CT molecular complexity index is 430. The third-order valence-corrected chi connectivity index (χ3v) is 4.10. The van der Waals surface area contributed by atoms with Gasteiger partial charge >= 0.3 is 0 Å². The van der Waals surface area contributed by atoms with E-state index in [1.165, 1.54) is 0 Å². The highest BCUT2D eigenvalue weighted by Gasteiger charge is 2.33. The number of amides is 1. The Kier molecular flexibility index (Phi) is 5.83. The molecule has 1 aromatic carbocycles. The Morgan fingerprint density at radius 1 is 1.37 bits per heavy atom. The van der Waals surface area contributed by atoms with Gasteiger partial charge in [0, 0.05) is 24.7 Å². The third kappa shape index (κ3) is 3.71. The molecule has 106 valence electrons. The maximum Gasteiger partial charge on any atom is 0.230 e. The molecule has 1 aromatic rings. The molecule has 0 aromatic heterocycles. The molecule has 0 aliphatic heterocycles. The van der Waals surface area contributed by atoms with E-state index in [2.05, 4.69) is 0 Å². The minimum atomic E-state index is -0.489. The van der Waals surface area contributed by atoms with Crippen LogP contribution < -0.4 is 5.73 Å². The summed E-state index contributed by atoms with van der Waals surface area (Å²) in [6.07, 6.45) is 0.737. The van der Waals surface area contributed by atoms with Gasteiger partial charge in [-0.15, -0.1) is 0 Å². The van der Waals surface area contributed by atoms with E-state index in [9.17, 15) is 4.79 Å². The number of carbonyl (C=O) groups excluding carboxylic acids is 1. The number of halogens is 1. The first-order chi connectivity index (χ1) is 8.98. The van der Waals surface area contributed by atoms with Crippen LogP contribution in [0.4, 0.5) is 0 Å². The standard InChI is InChI=1S/C15H23ClN2O/c1-4-15(3,11-17)14(19)18(5-2)10-12-8-6-7-9-13(12)16/h6-9H,4-5,10-11,17H2,1-3H3. The molecule has 0 bridgehead atoms. The Labute approximate surface area is 120 Å². The molecule has 0 saturated heterocycles. The van der Waals surface area contributed by atoms with E-state index >= 15 is 0 Å². The van der Waals surface area contributed by atoms with Crippen molar-refractivity contribution in [2.75, 3.05) is 13.1 Å². The van der Waals surface area contributed by atoms with Crippen LogP contribution in [0.5, 0.6) is 0 Å². The molecule has 1 rings (SSSR count). The van der Waals surface area contributed by atoms with Gasteiger partial charge in [-0.05, 0) is 31.9 Å². The Morgan fingerprint density at radius 2 is 2.00 bits per heavy atom. The topological polar surface area (TPSA) is 46.3 Å². The van der Waals surface area contributed by atoms with E-state index in [1.54, 1.807) is 0 Å². The summed E-state index contributed by atoms with van der Waals surface area (Å²) < 4.78 is 0. The Balaban J connectivity index is 2.90. The van der Waals surface area contributed by atoms with Crippen LogP contribution in [-0.2, 0) is 11.3 Å². The maximum absolute atomic E-state index is 12.6. The van der Waals surface area contributed by atoms with E-state index < -0.39 is 5.41 Å². The van der Waals surface area contributed by atoms with Gasteiger partial charge in [0.15, 0.2) is 0 Å². The fourth-order valence-corrected chi connectivity index (χ4v) is 2.12. The van der Waals surface area contributed by atoms with Crippen LogP contribution in [0.1, 0.15) is 32.8 Å². The van der Waals surface area contributed by atoms with Crippen molar-refractivity contribution in [1.29, 1.82) is 0 Å². The number of nitrogens with zero attached hydrogens (tertiary/aromatic N) is 1. The summed E-state index contributed by atoms with van der Waals surface area (Å²) in [4.78, 5) is 14.4. The molecule has 2 N–H and O–H groups in total. The zero-order valence-corrected chi connectivity index (χ0v) is 12.7. The number of rotatable bonds is 6. The van der Waals surface area contributed by atoms with E-state index in [0.29, 0.717) is 24.7 Å². The van der Waals surface area contributed by atoms with Crippen molar-refractivity contribution in [2.45, 2.75) is 33.7 Å². The molecule has 0 radical (unpaired) electrons. The summed E-state index contributed by atoms with van der Waals surface area (Å²) in [6.45, 7) is 7.44. The highest BCUT2D eigenvalue weighted by atomic mass is 35.5. The second kappa shape index (κ2) is 6.92. The first kappa shape index (κ1) is 16.0. The van der Waals surface area contributed by atoms with Crippen molar-refractivity contribution in [3.63, 3.8) is 0 Å². The molecule has 0 saturated carbocycles. The molecule has 0 heterocycles. The highest BCUT2D eigenvalue weighted by molar-refractivity contribution is 6.31. The normalized spacial score (nSPS) is 13.9. The largest absolute Gasteiger partial charge is 0.338 e. The lowest BCUT2D eigenvalue weighted by Crippen LogP contribution is -2.45. The molecule has 19 heavy (non-hydrogen) atoms. The number of nitrogens with two attached hydrogens (primary N) is 1. The summed E-state index contributed by atoms with van der Waals surface area (Å²) >= 11 is 6.15. The smallest absolute Gasteiger partial charge is 0.230 e. The average molecular weight is 283 g/mol. The molecule has 0 aliphatic carbocycles. The van der Waals surface area contributed by atoms with Crippen molar-refractivity contribution in [3.8, 4) is 0 Å². The van der Waals surface area contributed by atoms with Gasteiger partial charge in [0.25, 0.3) is 0 Å². The quantitative estimate of drug-likeness (QED) is 0.872. The van der Waals surface area contributed by atoms with E-state index in [1.807, 2.05) is 49.9 Å². The van der Waals surface area contributed by atoms with Gasteiger partial charge in [0.05, 0.1) is 5.41 Å². The summed E-state index contributed by atoms with van der Waals surface area (Å²) in [5, 5.41) is 0.694. The first-order valence-corrected chi connectivity index (χ1v) is 7.09. The van der Waals surface area contributed by atoms with Crippen molar-refractivity contribution in [3.05, 3.63) is 34.9 Å². The SMILES string of the molecule is CCN(Cc1ccccc1Cl)C(=O)C(C)(CC)CN. The lowest BCUT2D eigenvalue weighted by Gasteiger charge is -2.32. The van der Waals surface area contributed by atoms with Crippen molar-refractivity contribution in [1.82, 2.24) is 4.90 Å². The van der Waals surface area contributed by atoms with E-state index in [0.717, 1.165) is 12.0 Å². The van der Waals surface area contributed by atoms with E-state index in [4.69, 9.17) is 17.3 Å². The van der Waals surface area contributed by atoms with Crippen LogP contribution in [0, 0.1) is 5.41 Å². The van der Waals surface area contributed by atoms with Gasteiger partial charge in [-0.1, -0.05) is 36.7 Å². The maximum atomic E-state index is 12.6. The van der Waals surface area contributed by atoms with Crippen LogP contribution in [0.2, 0.25) is 5.02 Å². The minimum Gasteiger partial charge on any atom is -0.338 e. The zero-order chi connectivity index (χ0) is 14.5. The number of hydrogen-bond donors (Lipinski definition) is 1. The van der Waals surface area contributed by atoms with Crippen LogP contribution in [0.15, 0.2) is 24.3 Å². The fourth-order valence-electron chi connectivity index (χ4n) is 1.92. The predicted octanol–water partition coefficient (Wildman–Crippen LogP) is 3.06. The molecule has 0 fully saturated rings. The summed E-state index contributed by atoms with van der Waals surface area (Å²) in [5.41, 5.74) is 6.24. The highest BCUT2D eigenvalue weighted by Crippen LogP contribution is 2.25. The summed E-state index contributed by atoms with van der Waals surface area (Å²) in [5.74, 6) is 0.0971. The van der Waals surface area contributed by atoms with Gasteiger partial charge in [-0.2, -0.15) is 0 Å². The molecular weight excluding hydrogens is 260 g/mol. The molecule has 1 atom stereocenters. The molecule has 0 spiro atoms. The minimum absolute atomic E-state index is 0.0971. The Morgan fingerprint density at radius 3 is 2.47 bits per heavy atom. The lowest BCUT2D eigenvalue weighted by atomic mass is 9.86. The molecule has 1 unspecified atom stereocenters. The molecule has 4 heteroatoms. The van der Waals surface area contributed by atoms with Crippen LogP contribution >= 0.6 is 11.6 Å². The molecule has 1 amide bonds. The zero-order valence-electron chi connectivity index (χ0n) is 11.9. The van der Waals surface area contributed by atoms with Gasteiger partial charge in [0.1, 0.15) is 0 Å². The monoisotopic (exact) mass is 282 g/mol. The number of hydrogen-bond acceptors (Lipinski definition) is 2. The summed E-state index contributed by atoms with van der Waals surface area (Å²) in [6, 6.07) is 7.61.